The van der Waals surface area contributed by atoms with Gasteiger partial charge in [-0.05, 0) is 36.2 Å². The van der Waals surface area contributed by atoms with E-state index in [2.05, 4.69) is 5.32 Å². The summed E-state index contributed by atoms with van der Waals surface area (Å²) in [4.78, 5) is 12.2. The molecule has 0 fully saturated rings. The van der Waals surface area contributed by atoms with Gasteiger partial charge in [-0.2, -0.15) is 0 Å². The lowest BCUT2D eigenvalue weighted by Gasteiger charge is -2.19. The number of benzene rings is 2. The van der Waals surface area contributed by atoms with Crippen LogP contribution in [-0.2, 0) is 6.54 Å². The van der Waals surface area contributed by atoms with E-state index in [1.165, 1.54) is 0 Å². The number of ether oxygens (including phenoxy) is 1. The highest BCUT2D eigenvalue weighted by molar-refractivity contribution is 6.32. The summed E-state index contributed by atoms with van der Waals surface area (Å²) in [5.74, 6) is 0.498. The van der Waals surface area contributed by atoms with Crippen molar-refractivity contribution in [3.05, 3.63) is 64.7 Å². The summed E-state index contributed by atoms with van der Waals surface area (Å²) in [5, 5.41) is 3.45. The molecule has 0 aliphatic heterocycles. The van der Waals surface area contributed by atoms with E-state index < -0.39 is 0 Å². The molecule has 2 rings (SSSR count). The highest BCUT2D eigenvalue weighted by Gasteiger charge is 2.13. The van der Waals surface area contributed by atoms with Gasteiger partial charge in [0.25, 0.3) is 5.91 Å². The number of amides is 1. The average molecular weight is 369 g/mol. The molecule has 24 heavy (non-hydrogen) atoms. The summed E-state index contributed by atoms with van der Waals surface area (Å²) >= 11 is 6.09. The summed E-state index contributed by atoms with van der Waals surface area (Å²) in [6.45, 7) is 2.88. The van der Waals surface area contributed by atoms with Crippen molar-refractivity contribution in [1.29, 1.82) is 0 Å². The number of nitrogens with one attached hydrogen (secondary N) is 1. The Morgan fingerprint density at radius 3 is 2.46 bits per heavy atom. The van der Waals surface area contributed by atoms with Crippen LogP contribution in [0.1, 0.15) is 29.3 Å². The molecule has 0 aromatic heterocycles. The molecule has 1 unspecified atom stereocenters. The lowest BCUT2D eigenvalue weighted by Crippen LogP contribution is -2.35. The molecular weight excluding hydrogens is 347 g/mol. The first-order chi connectivity index (χ1) is 11.1. The van der Waals surface area contributed by atoms with Crippen LogP contribution in [-0.4, -0.2) is 18.6 Å². The smallest absolute Gasteiger partial charge is 0.251 e. The van der Waals surface area contributed by atoms with Gasteiger partial charge in [0.15, 0.2) is 0 Å². The third-order valence-corrected chi connectivity index (χ3v) is 3.84. The Balaban J connectivity index is 0.00000288. The van der Waals surface area contributed by atoms with Gasteiger partial charge in [0.05, 0.1) is 11.6 Å². The van der Waals surface area contributed by atoms with Crippen molar-refractivity contribution in [3.8, 4) is 5.75 Å². The number of nitrogens with two attached hydrogens (primary N) is 1. The van der Waals surface area contributed by atoms with Gasteiger partial charge in [0.2, 0.25) is 0 Å². The van der Waals surface area contributed by atoms with E-state index in [0.29, 0.717) is 29.4 Å². The second kappa shape index (κ2) is 10.2. The second-order valence-corrected chi connectivity index (χ2v) is 5.60. The quantitative estimate of drug-likeness (QED) is 0.780. The van der Waals surface area contributed by atoms with Gasteiger partial charge in [-0.1, -0.05) is 42.8 Å². The Bertz CT molecular complexity index is 648. The first-order valence-electron chi connectivity index (χ1n) is 7.62. The lowest BCUT2D eigenvalue weighted by atomic mass is 10.1. The second-order valence-electron chi connectivity index (χ2n) is 5.19. The minimum Gasteiger partial charge on any atom is -0.487 e. The summed E-state index contributed by atoms with van der Waals surface area (Å²) < 4.78 is 5.85. The fourth-order valence-corrected chi connectivity index (χ4v) is 2.27. The molecule has 0 bridgehead atoms. The first-order valence-corrected chi connectivity index (χ1v) is 8.00. The van der Waals surface area contributed by atoms with Crippen molar-refractivity contribution in [3.63, 3.8) is 0 Å². The van der Waals surface area contributed by atoms with Crippen LogP contribution < -0.4 is 15.8 Å². The van der Waals surface area contributed by atoms with Crippen LogP contribution in [0.4, 0.5) is 0 Å². The molecule has 1 amide bonds. The molecule has 6 heteroatoms. The molecule has 0 saturated heterocycles. The summed E-state index contributed by atoms with van der Waals surface area (Å²) in [6, 6.07) is 14.6. The van der Waals surface area contributed by atoms with Crippen molar-refractivity contribution < 1.29 is 9.53 Å². The first kappa shape index (κ1) is 20.3. The maximum atomic E-state index is 12.2. The number of carbonyl (C=O) groups excluding carboxylic acids is 1. The fraction of sp³-hybridized carbons (Fsp3) is 0.278. The zero-order valence-electron chi connectivity index (χ0n) is 13.5. The topological polar surface area (TPSA) is 64.4 Å². The minimum atomic E-state index is -0.137. The molecule has 4 nitrogen and oxygen atoms in total. The molecule has 2 aromatic rings. The van der Waals surface area contributed by atoms with Gasteiger partial charge < -0.3 is 15.8 Å². The lowest BCUT2D eigenvalue weighted by molar-refractivity contribution is 0.0926. The summed E-state index contributed by atoms with van der Waals surface area (Å²) in [7, 11) is 0. The van der Waals surface area contributed by atoms with Gasteiger partial charge in [0.1, 0.15) is 11.9 Å². The van der Waals surface area contributed by atoms with Gasteiger partial charge in [-0.3, -0.25) is 4.79 Å². The SMILES string of the molecule is CCC(CNC(=O)c1ccc(CN)cc1)Oc1ccccc1Cl.Cl. The van der Waals surface area contributed by atoms with Crippen molar-refractivity contribution in [2.45, 2.75) is 26.0 Å². The number of rotatable bonds is 7. The third-order valence-electron chi connectivity index (χ3n) is 3.53. The summed E-state index contributed by atoms with van der Waals surface area (Å²) in [5.41, 5.74) is 7.15. The van der Waals surface area contributed by atoms with E-state index in [-0.39, 0.29) is 24.4 Å². The Morgan fingerprint density at radius 2 is 1.88 bits per heavy atom. The largest absolute Gasteiger partial charge is 0.487 e. The van der Waals surface area contributed by atoms with Crippen LogP contribution in [0.25, 0.3) is 0 Å². The highest BCUT2D eigenvalue weighted by atomic mass is 35.5. The van der Waals surface area contributed by atoms with E-state index in [4.69, 9.17) is 22.1 Å². The minimum absolute atomic E-state index is 0. The number of halogens is 2. The monoisotopic (exact) mass is 368 g/mol. The standard InChI is InChI=1S/C18H21ClN2O2.ClH/c1-2-15(23-17-6-4-3-5-16(17)19)12-21-18(22)14-9-7-13(11-20)8-10-14;/h3-10,15H,2,11-12,20H2,1H3,(H,21,22);1H. The maximum absolute atomic E-state index is 12.2. The number of hydrogen-bond acceptors (Lipinski definition) is 3. The Labute approximate surface area is 153 Å². The van der Waals surface area contributed by atoms with Gasteiger partial charge in [-0.15, -0.1) is 12.4 Å². The third kappa shape index (κ3) is 5.71. The molecule has 0 radical (unpaired) electrons. The molecule has 0 aliphatic rings. The molecule has 3 N–H and O–H groups in total. The molecule has 130 valence electrons. The van der Waals surface area contributed by atoms with Crippen LogP contribution in [0.5, 0.6) is 5.75 Å². The average Bonchev–Trinajstić information content (AvgIpc) is 2.60. The van der Waals surface area contributed by atoms with Crippen LogP contribution in [0, 0.1) is 0 Å². The number of carbonyl (C=O) groups is 1. The molecule has 1 atom stereocenters. The van der Waals surface area contributed by atoms with E-state index in [1.54, 1.807) is 18.2 Å². The Hall–Kier alpha value is -1.75. The molecule has 0 saturated carbocycles. The Morgan fingerprint density at radius 1 is 1.21 bits per heavy atom. The van der Waals surface area contributed by atoms with Crippen LogP contribution >= 0.6 is 24.0 Å². The van der Waals surface area contributed by atoms with Crippen molar-refractivity contribution in [1.82, 2.24) is 5.32 Å². The normalized spacial score (nSPS) is 11.3. The fourth-order valence-electron chi connectivity index (χ4n) is 2.09. The van der Waals surface area contributed by atoms with Gasteiger partial charge in [-0.25, -0.2) is 0 Å². The molecule has 2 aromatic carbocycles. The molecule has 0 spiro atoms. The van der Waals surface area contributed by atoms with Crippen LogP contribution in [0.2, 0.25) is 5.02 Å². The van der Waals surface area contributed by atoms with E-state index in [1.807, 2.05) is 37.3 Å². The van der Waals surface area contributed by atoms with Gasteiger partial charge >= 0.3 is 0 Å². The van der Waals surface area contributed by atoms with E-state index >= 15 is 0 Å². The number of para-hydroxylation sites is 1. The van der Waals surface area contributed by atoms with E-state index in [9.17, 15) is 4.79 Å². The van der Waals surface area contributed by atoms with Crippen molar-refractivity contribution in [2.24, 2.45) is 5.73 Å². The van der Waals surface area contributed by atoms with E-state index in [0.717, 1.165) is 12.0 Å². The van der Waals surface area contributed by atoms with Crippen molar-refractivity contribution in [2.75, 3.05) is 6.54 Å². The van der Waals surface area contributed by atoms with Crippen LogP contribution in [0.3, 0.4) is 0 Å². The van der Waals surface area contributed by atoms with Gasteiger partial charge in [0, 0.05) is 12.1 Å². The number of hydrogen-bond donors (Lipinski definition) is 2. The molecular formula is C18H22Cl2N2O2. The molecule has 0 aliphatic carbocycles. The molecule has 0 heterocycles. The zero-order chi connectivity index (χ0) is 16.7. The maximum Gasteiger partial charge on any atom is 0.251 e. The Kier molecular flexibility index (Phi) is 8.61. The predicted molar refractivity (Wildman–Crippen MR) is 100 cm³/mol. The van der Waals surface area contributed by atoms with Crippen LogP contribution in [0.15, 0.2) is 48.5 Å². The highest BCUT2D eigenvalue weighted by Crippen LogP contribution is 2.24. The summed E-state index contributed by atoms with van der Waals surface area (Å²) in [6.07, 6.45) is 0.625. The van der Waals surface area contributed by atoms with Crippen molar-refractivity contribution >= 4 is 29.9 Å². The predicted octanol–water partition coefficient (Wildman–Crippen LogP) is 3.81. The zero-order valence-corrected chi connectivity index (χ0v) is 15.1.